The molecule has 0 bridgehead atoms. The first-order valence-corrected chi connectivity index (χ1v) is 5.84. The van der Waals surface area contributed by atoms with Crippen LogP contribution in [0, 0.1) is 10.1 Å². The zero-order valence-electron chi connectivity index (χ0n) is 9.31. The third-order valence-electron chi connectivity index (χ3n) is 3.05. The van der Waals surface area contributed by atoms with E-state index in [1.165, 1.54) is 6.07 Å². The molecule has 5 heteroatoms. The van der Waals surface area contributed by atoms with Gasteiger partial charge in [-0.15, -0.1) is 0 Å². The predicted molar refractivity (Wildman–Crippen MR) is 70.9 cm³/mol. The lowest BCUT2D eigenvalue weighted by atomic mass is 9.94. The van der Waals surface area contributed by atoms with Crippen LogP contribution in [0.25, 0.3) is 11.1 Å². The molecule has 1 aliphatic rings. The second-order valence-electron chi connectivity index (χ2n) is 4.12. The van der Waals surface area contributed by atoms with Gasteiger partial charge in [0.1, 0.15) is 0 Å². The van der Waals surface area contributed by atoms with Crippen molar-refractivity contribution in [3.63, 3.8) is 0 Å². The average molecular weight is 261 g/mol. The number of halogens is 1. The van der Waals surface area contributed by atoms with Crippen molar-refractivity contribution in [3.8, 4) is 11.1 Å². The summed E-state index contributed by atoms with van der Waals surface area (Å²) in [4.78, 5) is 10.5. The number of benzene rings is 2. The van der Waals surface area contributed by atoms with Gasteiger partial charge < -0.3 is 5.32 Å². The second-order valence-corrected chi connectivity index (χ2v) is 4.53. The summed E-state index contributed by atoms with van der Waals surface area (Å²) in [5.41, 5.74) is 3.67. The van der Waals surface area contributed by atoms with Crippen LogP contribution < -0.4 is 5.32 Å². The standard InChI is InChI=1S/C13H9ClN2O2/c14-12-6-9(16(17)18)5-11-10-4-2-1-3-8(10)7-15-13(11)12/h1-6,15H,7H2. The van der Waals surface area contributed by atoms with Crippen molar-refractivity contribution in [1.29, 1.82) is 0 Å². The highest BCUT2D eigenvalue weighted by Gasteiger charge is 2.21. The molecular formula is C13H9ClN2O2. The molecule has 3 rings (SSSR count). The first-order valence-electron chi connectivity index (χ1n) is 5.47. The van der Waals surface area contributed by atoms with Crippen LogP contribution in [0.3, 0.4) is 0 Å². The Kier molecular flexibility index (Phi) is 2.45. The minimum Gasteiger partial charge on any atom is -0.379 e. The summed E-state index contributed by atoms with van der Waals surface area (Å²) in [6.07, 6.45) is 0. The van der Waals surface area contributed by atoms with Gasteiger partial charge in [-0.05, 0) is 11.1 Å². The fourth-order valence-electron chi connectivity index (χ4n) is 2.21. The van der Waals surface area contributed by atoms with Crippen molar-refractivity contribution in [2.24, 2.45) is 0 Å². The molecule has 18 heavy (non-hydrogen) atoms. The minimum atomic E-state index is -0.427. The first-order chi connectivity index (χ1) is 8.66. The maximum Gasteiger partial charge on any atom is 0.271 e. The lowest BCUT2D eigenvalue weighted by molar-refractivity contribution is -0.384. The number of non-ortho nitro benzene ring substituents is 1. The SMILES string of the molecule is O=[N+]([O-])c1cc(Cl)c2c(c1)-c1ccccc1CN2. The molecule has 0 aromatic heterocycles. The first kappa shape index (κ1) is 11.0. The molecule has 0 amide bonds. The van der Waals surface area contributed by atoms with Crippen LogP contribution in [0.15, 0.2) is 36.4 Å². The number of nitro groups is 1. The van der Waals surface area contributed by atoms with Crippen LogP contribution in [0.2, 0.25) is 5.02 Å². The Morgan fingerprint density at radius 1 is 1.22 bits per heavy atom. The van der Waals surface area contributed by atoms with Gasteiger partial charge in [0.15, 0.2) is 0 Å². The van der Waals surface area contributed by atoms with E-state index in [9.17, 15) is 10.1 Å². The van der Waals surface area contributed by atoms with Crippen LogP contribution >= 0.6 is 11.6 Å². The predicted octanol–water partition coefficient (Wildman–Crippen LogP) is 3.84. The van der Waals surface area contributed by atoms with E-state index in [4.69, 9.17) is 11.6 Å². The zero-order valence-corrected chi connectivity index (χ0v) is 10.1. The topological polar surface area (TPSA) is 55.2 Å². The normalized spacial score (nSPS) is 12.3. The molecule has 0 radical (unpaired) electrons. The third-order valence-corrected chi connectivity index (χ3v) is 3.35. The molecule has 0 saturated heterocycles. The maximum absolute atomic E-state index is 10.9. The second kappa shape index (κ2) is 3.99. The molecule has 90 valence electrons. The lowest BCUT2D eigenvalue weighted by Gasteiger charge is -2.22. The number of fused-ring (bicyclic) bond motifs is 3. The highest BCUT2D eigenvalue weighted by Crippen LogP contribution is 2.42. The number of nitrogens with zero attached hydrogens (tertiary/aromatic N) is 1. The third kappa shape index (κ3) is 1.62. The molecule has 0 unspecified atom stereocenters. The largest absolute Gasteiger partial charge is 0.379 e. The summed E-state index contributed by atoms with van der Waals surface area (Å²) in [6, 6.07) is 10.8. The Morgan fingerprint density at radius 3 is 2.78 bits per heavy atom. The van der Waals surface area contributed by atoms with Gasteiger partial charge in [-0.25, -0.2) is 0 Å². The Balaban J connectivity index is 2.28. The van der Waals surface area contributed by atoms with Gasteiger partial charge in [0.25, 0.3) is 5.69 Å². The van der Waals surface area contributed by atoms with Crippen molar-refractivity contribution < 1.29 is 4.92 Å². The van der Waals surface area contributed by atoms with Gasteiger partial charge in [0.2, 0.25) is 0 Å². The van der Waals surface area contributed by atoms with Crippen molar-refractivity contribution in [3.05, 3.63) is 57.1 Å². The molecule has 0 atom stereocenters. The van der Waals surface area contributed by atoms with E-state index < -0.39 is 4.92 Å². The monoisotopic (exact) mass is 260 g/mol. The van der Waals surface area contributed by atoms with E-state index >= 15 is 0 Å². The van der Waals surface area contributed by atoms with Crippen LogP contribution in [0.5, 0.6) is 0 Å². The average Bonchev–Trinajstić information content (AvgIpc) is 2.38. The number of nitrogens with one attached hydrogen (secondary N) is 1. The molecule has 1 aliphatic heterocycles. The van der Waals surface area contributed by atoms with E-state index in [-0.39, 0.29) is 5.69 Å². The lowest BCUT2D eigenvalue weighted by Crippen LogP contribution is -2.09. The molecule has 0 aliphatic carbocycles. The summed E-state index contributed by atoms with van der Waals surface area (Å²) in [7, 11) is 0. The van der Waals surface area contributed by atoms with Crippen molar-refractivity contribution in [2.45, 2.75) is 6.54 Å². The van der Waals surface area contributed by atoms with Crippen molar-refractivity contribution in [1.82, 2.24) is 0 Å². The van der Waals surface area contributed by atoms with Crippen LogP contribution in [0.4, 0.5) is 11.4 Å². The van der Waals surface area contributed by atoms with Gasteiger partial charge in [0.05, 0.1) is 15.6 Å². The highest BCUT2D eigenvalue weighted by molar-refractivity contribution is 6.34. The quantitative estimate of drug-likeness (QED) is 0.626. The summed E-state index contributed by atoms with van der Waals surface area (Å²) >= 11 is 6.09. The van der Waals surface area contributed by atoms with Crippen molar-refractivity contribution in [2.75, 3.05) is 5.32 Å². The number of hydrogen-bond donors (Lipinski definition) is 1. The Morgan fingerprint density at radius 2 is 2.00 bits per heavy atom. The molecule has 0 fully saturated rings. The summed E-state index contributed by atoms with van der Waals surface area (Å²) in [5, 5.41) is 14.5. The van der Waals surface area contributed by atoms with E-state index in [1.807, 2.05) is 24.3 Å². The van der Waals surface area contributed by atoms with Crippen LogP contribution in [0.1, 0.15) is 5.56 Å². The number of hydrogen-bond acceptors (Lipinski definition) is 3. The number of rotatable bonds is 1. The summed E-state index contributed by atoms with van der Waals surface area (Å²) < 4.78 is 0. The summed E-state index contributed by atoms with van der Waals surface area (Å²) in [6.45, 7) is 0.681. The fourth-order valence-corrected chi connectivity index (χ4v) is 2.49. The smallest absolute Gasteiger partial charge is 0.271 e. The van der Waals surface area contributed by atoms with E-state index in [0.717, 1.165) is 22.4 Å². The number of nitro benzene ring substituents is 1. The minimum absolute atomic E-state index is 0.0113. The van der Waals surface area contributed by atoms with Crippen LogP contribution in [-0.4, -0.2) is 4.92 Å². The van der Waals surface area contributed by atoms with Gasteiger partial charge in [0, 0.05) is 24.2 Å². The maximum atomic E-state index is 10.9. The molecule has 0 spiro atoms. The zero-order chi connectivity index (χ0) is 12.7. The van der Waals surface area contributed by atoms with E-state index in [0.29, 0.717) is 11.6 Å². The molecule has 0 saturated carbocycles. The van der Waals surface area contributed by atoms with E-state index in [2.05, 4.69) is 5.32 Å². The molecule has 2 aromatic carbocycles. The molecule has 1 heterocycles. The van der Waals surface area contributed by atoms with Gasteiger partial charge in [-0.3, -0.25) is 10.1 Å². The van der Waals surface area contributed by atoms with Crippen LogP contribution in [-0.2, 0) is 6.54 Å². The van der Waals surface area contributed by atoms with Crippen molar-refractivity contribution >= 4 is 23.0 Å². The van der Waals surface area contributed by atoms with Gasteiger partial charge in [-0.1, -0.05) is 35.9 Å². The highest BCUT2D eigenvalue weighted by atomic mass is 35.5. The van der Waals surface area contributed by atoms with Gasteiger partial charge >= 0.3 is 0 Å². The Hall–Kier alpha value is -2.07. The number of anilines is 1. The molecule has 2 aromatic rings. The Bertz CT molecular complexity index is 655. The van der Waals surface area contributed by atoms with E-state index in [1.54, 1.807) is 6.07 Å². The molecule has 1 N–H and O–H groups in total. The summed E-state index contributed by atoms with van der Waals surface area (Å²) in [5.74, 6) is 0. The van der Waals surface area contributed by atoms with Gasteiger partial charge in [-0.2, -0.15) is 0 Å². The Labute approximate surface area is 108 Å². The fraction of sp³-hybridized carbons (Fsp3) is 0.0769. The molecule has 4 nitrogen and oxygen atoms in total. The molecular weight excluding hydrogens is 252 g/mol.